The Morgan fingerprint density at radius 2 is 1.75 bits per heavy atom. The molecule has 12 heteroatoms. The molecule has 0 spiro atoms. The van der Waals surface area contributed by atoms with Crippen LogP contribution >= 0.6 is 11.6 Å². The number of fused-ring (bicyclic) bond motifs is 1. The molecule has 0 saturated carbocycles. The average molecular weight is 619 g/mol. The Morgan fingerprint density at radius 3 is 2.48 bits per heavy atom. The van der Waals surface area contributed by atoms with Gasteiger partial charge in [-0.1, -0.05) is 41.9 Å². The molecule has 0 unspecified atom stereocenters. The summed E-state index contributed by atoms with van der Waals surface area (Å²) in [6, 6.07) is 16.1. The van der Waals surface area contributed by atoms with Crippen LogP contribution < -0.4 is 21.6 Å². The third kappa shape index (κ3) is 6.38. The minimum Gasteiger partial charge on any atom is -0.373 e. The van der Waals surface area contributed by atoms with Crippen LogP contribution in [-0.2, 0) is 0 Å². The molecule has 4 N–H and O–H groups in total. The lowest BCUT2D eigenvalue weighted by molar-refractivity contribution is 0.243. The average Bonchev–Trinajstić information content (AvgIpc) is 3.71. The molecule has 8 nitrogen and oxygen atoms in total. The van der Waals surface area contributed by atoms with Gasteiger partial charge in [-0.15, -0.1) is 5.53 Å². The first-order valence-electron chi connectivity index (χ1n) is 14.4. The Morgan fingerprint density at radius 1 is 1.00 bits per heavy atom. The molecule has 1 saturated heterocycles. The molecule has 6 rings (SSSR count). The molecule has 0 radical (unpaired) electrons. The zero-order valence-corrected chi connectivity index (χ0v) is 24.4. The zero-order valence-electron chi connectivity index (χ0n) is 23.7. The first kappa shape index (κ1) is 29.6. The lowest BCUT2D eigenvalue weighted by atomic mass is 10.0. The van der Waals surface area contributed by atoms with Crippen molar-refractivity contribution in [1.82, 2.24) is 25.9 Å². The van der Waals surface area contributed by atoms with Gasteiger partial charge in [0, 0.05) is 42.1 Å². The second kappa shape index (κ2) is 13.0. The van der Waals surface area contributed by atoms with Gasteiger partial charge in [0.05, 0.1) is 33.5 Å². The minimum atomic E-state index is -1.14. The Kier molecular flexibility index (Phi) is 8.74. The molecule has 3 aromatic carbocycles. The standard InChI is InChI=1S/C32H30ClF3N8/c33-25-16-23(15-24-29(21(17-37)18-38-31(24)25)40-32-26(35)13-22(34)14-27(32)36)39-30(20-7-2-1-3-8-20)28-19-44(42-41-28)12-6-11-43-9-4-5-10-43/h1-3,7-8,13-16,18-19,30,39,41-42H,4-6,9-12H2,(H,38,40)/t30-/m0/s1. The van der Waals surface area contributed by atoms with Crippen molar-refractivity contribution in [1.29, 1.82) is 5.26 Å². The number of hydrazine groups is 2. The number of benzene rings is 3. The lowest BCUT2D eigenvalue weighted by Crippen LogP contribution is -2.38. The van der Waals surface area contributed by atoms with Gasteiger partial charge in [-0.25, -0.2) is 13.2 Å². The van der Waals surface area contributed by atoms with Gasteiger partial charge in [0.15, 0.2) is 11.6 Å². The number of nitriles is 1. The van der Waals surface area contributed by atoms with Gasteiger partial charge in [-0.2, -0.15) is 5.26 Å². The third-order valence-electron chi connectivity index (χ3n) is 7.77. The van der Waals surface area contributed by atoms with Crippen LogP contribution in [0.15, 0.2) is 72.7 Å². The quantitative estimate of drug-likeness (QED) is 0.156. The molecule has 1 fully saturated rings. The molecule has 226 valence electrons. The fraction of sp³-hybridized carbons (Fsp3) is 0.250. The van der Waals surface area contributed by atoms with Gasteiger partial charge < -0.3 is 21.0 Å². The maximum Gasteiger partial charge on any atom is 0.152 e. The van der Waals surface area contributed by atoms with Crippen LogP contribution in [0.1, 0.15) is 36.4 Å². The fourth-order valence-corrected chi connectivity index (χ4v) is 5.88. The van der Waals surface area contributed by atoms with Crippen molar-refractivity contribution in [3.8, 4) is 6.07 Å². The summed E-state index contributed by atoms with van der Waals surface area (Å²) in [5.41, 5.74) is 8.77. The second-order valence-electron chi connectivity index (χ2n) is 10.8. The molecule has 1 aromatic heterocycles. The third-order valence-corrected chi connectivity index (χ3v) is 8.06. The van der Waals surface area contributed by atoms with E-state index in [1.807, 2.05) is 47.6 Å². The highest BCUT2D eigenvalue weighted by Crippen LogP contribution is 2.37. The van der Waals surface area contributed by atoms with Gasteiger partial charge in [-0.05, 0) is 56.6 Å². The van der Waals surface area contributed by atoms with Crippen LogP contribution in [0.2, 0.25) is 5.02 Å². The summed E-state index contributed by atoms with van der Waals surface area (Å²) in [6.07, 6.45) is 6.85. The zero-order chi connectivity index (χ0) is 30.6. The SMILES string of the molecule is N#Cc1cnc2c(Cl)cc(N[C@H](C3=CN(CCCN4CCCC4)NN3)c3ccccc3)cc2c1Nc1c(F)cc(F)cc1F. The molecule has 0 aliphatic carbocycles. The van der Waals surface area contributed by atoms with Gasteiger partial charge in [-0.3, -0.25) is 9.99 Å². The van der Waals surface area contributed by atoms with E-state index in [-0.39, 0.29) is 22.3 Å². The van der Waals surface area contributed by atoms with Crippen molar-refractivity contribution < 1.29 is 13.2 Å². The highest BCUT2D eigenvalue weighted by atomic mass is 35.5. The Balaban J connectivity index is 1.32. The highest BCUT2D eigenvalue weighted by Gasteiger charge is 2.24. The van der Waals surface area contributed by atoms with E-state index in [1.165, 1.54) is 19.0 Å². The number of halogens is 4. The first-order chi connectivity index (χ1) is 21.4. The number of likely N-dealkylation sites (tertiary alicyclic amines) is 1. The summed E-state index contributed by atoms with van der Waals surface area (Å²) in [7, 11) is 0. The van der Waals surface area contributed by atoms with E-state index in [0.29, 0.717) is 28.7 Å². The number of pyridine rings is 1. The Bertz CT molecular complexity index is 1710. The van der Waals surface area contributed by atoms with Crippen LogP contribution in [0.4, 0.5) is 30.2 Å². The van der Waals surface area contributed by atoms with Crippen molar-refractivity contribution in [2.24, 2.45) is 0 Å². The van der Waals surface area contributed by atoms with E-state index in [1.54, 1.807) is 12.1 Å². The molecule has 44 heavy (non-hydrogen) atoms. The van der Waals surface area contributed by atoms with Gasteiger partial charge in [0.25, 0.3) is 0 Å². The number of aromatic nitrogens is 1. The number of rotatable bonds is 10. The Hall–Kier alpha value is -4.50. The van der Waals surface area contributed by atoms with E-state index < -0.39 is 23.1 Å². The summed E-state index contributed by atoms with van der Waals surface area (Å²) in [6.45, 7) is 4.21. The molecule has 2 aliphatic rings. The molecule has 3 heterocycles. The normalized spacial score (nSPS) is 15.6. The largest absolute Gasteiger partial charge is 0.373 e. The predicted octanol–water partition coefficient (Wildman–Crippen LogP) is 6.73. The van der Waals surface area contributed by atoms with Crippen LogP contribution in [0.5, 0.6) is 0 Å². The summed E-state index contributed by atoms with van der Waals surface area (Å²) in [5.74, 6) is -3.34. The minimum absolute atomic E-state index is 0.0300. The van der Waals surface area contributed by atoms with Crippen molar-refractivity contribution in [2.75, 3.05) is 36.8 Å². The summed E-state index contributed by atoms with van der Waals surface area (Å²) >= 11 is 6.67. The second-order valence-corrected chi connectivity index (χ2v) is 11.2. The fourth-order valence-electron chi connectivity index (χ4n) is 5.61. The molecule has 1 atom stereocenters. The van der Waals surface area contributed by atoms with Gasteiger partial charge >= 0.3 is 0 Å². The molecule has 0 bridgehead atoms. The van der Waals surface area contributed by atoms with E-state index in [2.05, 4.69) is 31.5 Å². The summed E-state index contributed by atoms with van der Waals surface area (Å²) in [5, 5.41) is 18.6. The van der Waals surface area contributed by atoms with Crippen LogP contribution in [0.25, 0.3) is 10.9 Å². The van der Waals surface area contributed by atoms with Crippen LogP contribution in [0.3, 0.4) is 0 Å². The topological polar surface area (TPSA) is 91.3 Å². The van der Waals surface area contributed by atoms with Crippen molar-refractivity contribution in [3.63, 3.8) is 0 Å². The van der Waals surface area contributed by atoms with Crippen LogP contribution in [-0.4, -0.2) is 41.1 Å². The molecule has 0 amide bonds. The Labute approximate surface area is 258 Å². The number of hydrogen-bond acceptors (Lipinski definition) is 8. The highest BCUT2D eigenvalue weighted by molar-refractivity contribution is 6.36. The van der Waals surface area contributed by atoms with Crippen LogP contribution in [0, 0.1) is 28.8 Å². The summed E-state index contributed by atoms with van der Waals surface area (Å²) in [4.78, 5) is 6.81. The van der Waals surface area contributed by atoms with Crippen molar-refractivity contribution >= 4 is 39.6 Å². The number of nitrogens with zero attached hydrogens (tertiary/aromatic N) is 4. The first-order valence-corrected chi connectivity index (χ1v) is 14.7. The summed E-state index contributed by atoms with van der Waals surface area (Å²) < 4.78 is 42.8. The molecular weight excluding hydrogens is 589 g/mol. The maximum atomic E-state index is 14.6. The van der Waals surface area contributed by atoms with E-state index in [0.717, 1.165) is 43.9 Å². The van der Waals surface area contributed by atoms with Crippen molar-refractivity contribution in [2.45, 2.75) is 25.3 Å². The maximum absolute atomic E-state index is 14.6. The number of anilines is 3. The van der Waals surface area contributed by atoms with Crippen molar-refractivity contribution in [3.05, 3.63) is 106 Å². The van der Waals surface area contributed by atoms with E-state index in [9.17, 15) is 18.4 Å². The van der Waals surface area contributed by atoms with Gasteiger partial charge in [0.2, 0.25) is 0 Å². The monoisotopic (exact) mass is 618 g/mol. The predicted molar refractivity (Wildman–Crippen MR) is 165 cm³/mol. The van der Waals surface area contributed by atoms with E-state index in [4.69, 9.17) is 11.6 Å². The molecule has 2 aliphatic heterocycles. The lowest BCUT2D eigenvalue weighted by Gasteiger charge is -2.22. The number of hydrogen-bond donors (Lipinski definition) is 4. The smallest absolute Gasteiger partial charge is 0.152 e. The van der Waals surface area contributed by atoms with E-state index >= 15 is 0 Å². The number of nitrogens with one attached hydrogen (secondary N) is 4. The molecule has 4 aromatic rings. The molecular formula is C32H30ClF3N8. The van der Waals surface area contributed by atoms with Gasteiger partial charge in [0.1, 0.15) is 17.6 Å².